The first-order valence-electron chi connectivity index (χ1n) is 7.81. The Morgan fingerprint density at radius 1 is 1.35 bits per heavy atom. The Balaban J connectivity index is 1.75. The molecule has 0 saturated heterocycles. The second kappa shape index (κ2) is 10.3. The number of carbonyl (C=O) groups excluding carboxylic acids is 2. The van der Waals surface area contributed by atoms with Crippen LogP contribution in [0.4, 0.5) is 10.8 Å². The minimum atomic E-state index is -0.280. The molecule has 1 aromatic heterocycles. The molecule has 2 rings (SSSR count). The van der Waals surface area contributed by atoms with E-state index in [1.807, 2.05) is 25.1 Å². The van der Waals surface area contributed by atoms with Crippen molar-refractivity contribution in [2.45, 2.75) is 24.1 Å². The summed E-state index contributed by atoms with van der Waals surface area (Å²) in [7, 11) is 1.34. The summed E-state index contributed by atoms with van der Waals surface area (Å²) in [5.41, 5.74) is 1.80. The molecular formula is C16H19ClN4O3S2. The van der Waals surface area contributed by atoms with Gasteiger partial charge >= 0.3 is 5.97 Å². The van der Waals surface area contributed by atoms with E-state index in [1.54, 1.807) is 0 Å². The van der Waals surface area contributed by atoms with Crippen molar-refractivity contribution in [2.75, 3.05) is 24.7 Å². The van der Waals surface area contributed by atoms with E-state index in [-0.39, 0.29) is 24.1 Å². The highest BCUT2D eigenvalue weighted by molar-refractivity contribution is 8.01. The van der Waals surface area contributed by atoms with E-state index >= 15 is 0 Å². The van der Waals surface area contributed by atoms with E-state index in [4.69, 9.17) is 11.6 Å². The lowest BCUT2D eigenvalue weighted by Gasteiger charge is -2.06. The fourth-order valence-electron chi connectivity index (χ4n) is 1.92. The fraction of sp³-hybridized carbons (Fsp3) is 0.375. The Hall–Kier alpha value is -1.84. The number of halogens is 1. The van der Waals surface area contributed by atoms with Crippen LogP contribution < -0.4 is 10.6 Å². The summed E-state index contributed by atoms with van der Waals surface area (Å²) in [4.78, 5) is 22.8. The number of benzene rings is 1. The largest absolute Gasteiger partial charge is 0.469 e. The summed E-state index contributed by atoms with van der Waals surface area (Å²) in [5.74, 6) is -0.156. The maximum absolute atomic E-state index is 11.8. The van der Waals surface area contributed by atoms with E-state index in [9.17, 15) is 9.59 Å². The molecule has 1 aromatic carbocycles. The van der Waals surface area contributed by atoms with Gasteiger partial charge in [-0.2, -0.15) is 0 Å². The predicted molar refractivity (Wildman–Crippen MR) is 104 cm³/mol. The van der Waals surface area contributed by atoms with Gasteiger partial charge in [0.15, 0.2) is 4.34 Å². The zero-order chi connectivity index (χ0) is 18.9. The van der Waals surface area contributed by atoms with E-state index in [0.717, 1.165) is 11.3 Å². The summed E-state index contributed by atoms with van der Waals surface area (Å²) < 4.78 is 5.23. The summed E-state index contributed by atoms with van der Waals surface area (Å²) >= 11 is 8.78. The van der Waals surface area contributed by atoms with Crippen LogP contribution in [0, 0.1) is 6.92 Å². The number of nitrogens with one attached hydrogen (secondary N) is 2. The minimum absolute atomic E-state index is 0.115. The van der Waals surface area contributed by atoms with Crippen LogP contribution in [0.3, 0.4) is 0 Å². The monoisotopic (exact) mass is 414 g/mol. The zero-order valence-electron chi connectivity index (χ0n) is 14.4. The first-order chi connectivity index (χ1) is 12.5. The third kappa shape index (κ3) is 6.47. The number of anilines is 2. The van der Waals surface area contributed by atoms with Gasteiger partial charge in [-0.05, 0) is 31.0 Å². The van der Waals surface area contributed by atoms with E-state index in [2.05, 4.69) is 25.6 Å². The zero-order valence-corrected chi connectivity index (χ0v) is 16.8. The number of hydrogen-bond acceptors (Lipinski definition) is 8. The third-order valence-electron chi connectivity index (χ3n) is 3.35. The lowest BCUT2D eigenvalue weighted by molar-refractivity contribution is -0.140. The topological polar surface area (TPSA) is 93.2 Å². The average Bonchev–Trinajstić information content (AvgIpc) is 3.08. The van der Waals surface area contributed by atoms with E-state index in [1.165, 1.54) is 30.2 Å². The maximum Gasteiger partial charge on any atom is 0.305 e. The highest BCUT2D eigenvalue weighted by atomic mass is 35.5. The Morgan fingerprint density at radius 2 is 2.15 bits per heavy atom. The van der Waals surface area contributed by atoms with E-state index < -0.39 is 0 Å². The van der Waals surface area contributed by atoms with Crippen LogP contribution in [0.2, 0.25) is 5.02 Å². The minimum Gasteiger partial charge on any atom is -0.469 e. The van der Waals surface area contributed by atoms with Gasteiger partial charge in [-0.1, -0.05) is 40.8 Å². The Bertz CT molecular complexity index is 770. The number of esters is 1. The van der Waals surface area contributed by atoms with Crippen LogP contribution in [-0.4, -0.2) is 41.5 Å². The van der Waals surface area contributed by atoms with Crippen molar-refractivity contribution < 1.29 is 14.3 Å². The molecule has 0 bridgehead atoms. The number of thioether (sulfide) groups is 1. The first-order valence-corrected chi connectivity index (χ1v) is 9.99. The normalized spacial score (nSPS) is 10.4. The SMILES string of the molecule is COC(=O)CCCNC(=O)CSc1nnc(Nc2cccc(Cl)c2C)s1. The molecule has 0 radical (unpaired) electrons. The van der Waals surface area contributed by atoms with E-state index in [0.29, 0.717) is 27.5 Å². The Morgan fingerprint density at radius 3 is 2.92 bits per heavy atom. The standard InChI is InChI=1S/C16H19ClN4O3S2/c1-10-11(17)5-3-6-12(10)19-15-20-21-16(26-15)25-9-13(22)18-8-4-7-14(23)24-2/h3,5-6H,4,7-9H2,1-2H3,(H,18,22)(H,19,20). The number of ether oxygens (including phenoxy) is 1. The lowest BCUT2D eigenvalue weighted by atomic mass is 10.2. The molecule has 0 fully saturated rings. The molecule has 0 aliphatic carbocycles. The van der Waals surface area contributed by atoms with Crippen molar-refractivity contribution in [3.05, 3.63) is 28.8 Å². The van der Waals surface area contributed by atoms with Crippen LogP contribution >= 0.6 is 34.7 Å². The molecule has 140 valence electrons. The van der Waals surface area contributed by atoms with Crippen molar-refractivity contribution in [3.63, 3.8) is 0 Å². The van der Waals surface area contributed by atoms with Crippen LogP contribution in [-0.2, 0) is 14.3 Å². The Labute approximate surface area is 164 Å². The van der Waals surface area contributed by atoms with Gasteiger partial charge in [0, 0.05) is 23.7 Å². The number of amides is 1. The molecule has 26 heavy (non-hydrogen) atoms. The number of nitrogens with zero attached hydrogens (tertiary/aromatic N) is 2. The van der Waals surface area contributed by atoms with Gasteiger partial charge in [-0.15, -0.1) is 10.2 Å². The van der Waals surface area contributed by atoms with Crippen molar-refractivity contribution in [1.82, 2.24) is 15.5 Å². The molecule has 1 amide bonds. The van der Waals surface area contributed by atoms with Gasteiger partial charge in [-0.25, -0.2) is 0 Å². The molecule has 0 spiro atoms. The van der Waals surface area contributed by atoms with Crippen molar-refractivity contribution >= 4 is 57.4 Å². The van der Waals surface area contributed by atoms with Gasteiger partial charge in [0.2, 0.25) is 11.0 Å². The number of hydrogen-bond donors (Lipinski definition) is 2. The van der Waals surface area contributed by atoms with Gasteiger partial charge in [0.25, 0.3) is 0 Å². The molecule has 0 saturated carbocycles. The highest BCUT2D eigenvalue weighted by Gasteiger charge is 2.10. The molecule has 0 atom stereocenters. The van der Waals surface area contributed by atoms with Gasteiger partial charge in [-0.3, -0.25) is 9.59 Å². The molecule has 2 N–H and O–H groups in total. The molecular weight excluding hydrogens is 396 g/mol. The quantitative estimate of drug-likeness (QED) is 0.369. The second-order valence-corrected chi connectivity index (χ2v) is 7.84. The summed E-state index contributed by atoms with van der Waals surface area (Å²) in [6, 6.07) is 5.60. The molecule has 10 heteroatoms. The van der Waals surface area contributed by atoms with Crippen LogP contribution in [0.15, 0.2) is 22.5 Å². The van der Waals surface area contributed by atoms with Gasteiger partial charge < -0.3 is 15.4 Å². The lowest BCUT2D eigenvalue weighted by Crippen LogP contribution is -2.26. The molecule has 1 heterocycles. The molecule has 0 unspecified atom stereocenters. The highest BCUT2D eigenvalue weighted by Crippen LogP contribution is 2.30. The van der Waals surface area contributed by atoms with Gasteiger partial charge in [0.05, 0.1) is 12.9 Å². The smallest absolute Gasteiger partial charge is 0.305 e. The van der Waals surface area contributed by atoms with Crippen LogP contribution in [0.5, 0.6) is 0 Å². The van der Waals surface area contributed by atoms with Crippen LogP contribution in [0.25, 0.3) is 0 Å². The predicted octanol–water partition coefficient (Wildman–Crippen LogP) is 3.41. The first kappa shape index (κ1) is 20.5. The molecule has 0 aliphatic heterocycles. The number of carbonyl (C=O) groups is 2. The fourth-order valence-corrected chi connectivity index (χ4v) is 3.69. The van der Waals surface area contributed by atoms with Crippen molar-refractivity contribution in [2.24, 2.45) is 0 Å². The van der Waals surface area contributed by atoms with Gasteiger partial charge in [0.1, 0.15) is 0 Å². The summed E-state index contributed by atoms with van der Waals surface area (Å²) in [6.07, 6.45) is 0.840. The molecule has 2 aromatic rings. The molecule has 7 nitrogen and oxygen atoms in total. The van der Waals surface area contributed by atoms with Crippen LogP contribution in [0.1, 0.15) is 18.4 Å². The summed E-state index contributed by atoms with van der Waals surface area (Å²) in [6.45, 7) is 2.36. The van der Waals surface area contributed by atoms with Crippen molar-refractivity contribution in [3.8, 4) is 0 Å². The number of aromatic nitrogens is 2. The third-order valence-corrected chi connectivity index (χ3v) is 5.73. The Kier molecular flexibility index (Phi) is 8.14. The number of methoxy groups -OCH3 is 1. The summed E-state index contributed by atoms with van der Waals surface area (Å²) in [5, 5.41) is 15.4. The number of rotatable bonds is 9. The average molecular weight is 415 g/mol. The second-order valence-electron chi connectivity index (χ2n) is 5.23. The maximum atomic E-state index is 11.8. The van der Waals surface area contributed by atoms with Crippen molar-refractivity contribution in [1.29, 1.82) is 0 Å². The molecule has 0 aliphatic rings.